The molecule has 6 heteroatoms. The van der Waals surface area contributed by atoms with E-state index in [4.69, 9.17) is 4.42 Å². The molecule has 1 aromatic carbocycles. The summed E-state index contributed by atoms with van der Waals surface area (Å²) >= 11 is 1.38. The van der Waals surface area contributed by atoms with Crippen LogP contribution in [0.5, 0.6) is 0 Å². The molecule has 0 aliphatic rings. The highest BCUT2D eigenvalue weighted by atomic mass is 32.1. The Morgan fingerprint density at radius 1 is 1.12 bits per heavy atom. The number of amides is 2. The van der Waals surface area contributed by atoms with Crippen LogP contribution in [0.25, 0.3) is 0 Å². The summed E-state index contributed by atoms with van der Waals surface area (Å²) in [6, 6.07) is 13.9. The third kappa shape index (κ3) is 3.80. The molecule has 0 aliphatic carbocycles. The first kappa shape index (κ1) is 17.0. The number of carbonyl (C=O) groups excluding carboxylic acids is 2. The Hall–Kier alpha value is -2.86. The number of hydrogen-bond acceptors (Lipinski definition) is 4. The average molecular weight is 354 g/mol. The van der Waals surface area contributed by atoms with E-state index < -0.39 is 0 Å². The van der Waals surface area contributed by atoms with Gasteiger partial charge in [-0.15, -0.1) is 11.3 Å². The first-order valence-electron chi connectivity index (χ1n) is 7.81. The van der Waals surface area contributed by atoms with Gasteiger partial charge in [-0.1, -0.05) is 6.07 Å². The fraction of sp³-hybridized carbons (Fsp3) is 0.158. The van der Waals surface area contributed by atoms with Crippen molar-refractivity contribution in [3.05, 3.63) is 76.4 Å². The molecule has 0 aliphatic heterocycles. The van der Waals surface area contributed by atoms with Crippen LogP contribution in [0.15, 0.2) is 64.6 Å². The van der Waals surface area contributed by atoms with Crippen molar-refractivity contribution in [2.45, 2.75) is 13.0 Å². The molecule has 2 aromatic heterocycles. The Balaban J connectivity index is 1.67. The molecule has 0 spiro atoms. The Morgan fingerprint density at radius 2 is 1.88 bits per heavy atom. The van der Waals surface area contributed by atoms with Gasteiger partial charge in [-0.25, -0.2) is 0 Å². The maximum Gasteiger partial charge on any atom is 0.265 e. The topological polar surface area (TPSA) is 62.6 Å². The smallest absolute Gasteiger partial charge is 0.265 e. The summed E-state index contributed by atoms with van der Waals surface area (Å²) in [5.41, 5.74) is 1.20. The fourth-order valence-corrected chi connectivity index (χ4v) is 3.01. The lowest BCUT2D eigenvalue weighted by atomic mass is 10.1. The standard InChI is InChI=1S/C19H18N2O3S/c1-13(16-5-3-11-24-16)21(2)19(23)14-7-9-15(10-8-14)20-18(22)17-6-4-12-25-17/h3-13H,1-2H3,(H,20,22). The van der Waals surface area contributed by atoms with E-state index in [1.165, 1.54) is 11.3 Å². The molecule has 0 bridgehead atoms. The van der Waals surface area contributed by atoms with Gasteiger partial charge in [-0.2, -0.15) is 0 Å². The third-order valence-corrected chi connectivity index (χ3v) is 4.86. The highest BCUT2D eigenvalue weighted by molar-refractivity contribution is 7.12. The van der Waals surface area contributed by atoms with Crippen LogP contribution < -0.4 is 5.32 Å². The SMILES string of the molecule is CC(c1ccco1)N(C)C(=O)c1ccc(NC(=O)c2cccs2)cc1. The van der Waals surface area contributed by atoms with Crippen LogP contribution in [0.1, 0.15) is 38.8 Å². The van der Waals surface area contributed by atoms with E-state index in [1.54, 1.807) is 54.6 Å². The molecule has 0 fully saturated rings. The van der Waals surface area contributed by atoms with Gasteiger partial charge >= 0.3 is 0 Å². The summed E-state index contributed by atoms with van der Waals surface area (Å²) in [7, 11) is 1.74. The minimum Gasteiger partial charge on any atom is -0.467 e. The molecular formula is C19H18N2O3S. The molecule has 0 saturated heterocycles. The second kappa shape index (κ2) is 7.36. The maximum atomic E-state index is 12.6. The summed E-state index contributed by atoms with van der Waals surface area (Å²) in [5, 5.41) is 4.67. The monoisotopic (exact) mass is 354 g/mol. The minimum absolute atomic E-state index is 0.111. The van der Waals surface area contributed by atoms with Gasteiger partial charge in [-0.05, 0) is 54.8 Å². The molecule has 128 valence electrons. The number of carbonyl (C=O) groups is 2. The van der Waals surface area contributed by atoms with Crippen molar-refractivity contribution in [3.8, 4) is 0 Å². The van der Waals surface area contributed by atoms with Crippen molar-refractivity contribution in [1.82, 2.24) is 4.90 Å². The van der Waals surface area contributed by atoms with Crippen molar-refractivity contribution in [1.29, 1.82) is 0 Å². The van der Waals surface area contributed by atoms with Crippen molar-refractivity contribution in [2.75, 3.05) is 12.4 Å². The predicted octanol–water partition coefficient (Wildman–Crippen LogP) is 4.43. The van der Waals surface area contributed by atoms with Crippen LogP contribution in [0.4, 0.5) is 5.69 Å². The number of furan rings is 1. The first-order chi connectivity index (χ1) is 12.1. The summed E-state index contributed by atoms with van der Waals surface area (Å²) in [6.07, 6.45) is 1.59. The number of hydrogen-bond donors (Lipinski definition) is 1. The van der Waals surface area contributed by atoms with Gasteiger partial charge in [0.15, 0.2) is 0 Å². The number of benzene rings is 1. The van der Waals surface area contributed by atoms with Gasteiger partial charge in [0.25, 0.3) is 11.8 Å². The first-order valence-corrected chi connectivity index (χ1v) is 8.69. The third-order valence-electron chi connectivity index (χ3n) is 3.99. The van der Waals surface area contributed by atoms with E-state index >= 15 is 0 Å². The summed E-state index contributed by atoms with van der Waals surface area (Å²) in [6.45, 7) is 1.91. The predicted molar refractivity (Wildman–Crippen MR) is 97.9 cm³/mol. The molecule has 5 nitrogen and oxygen atoms in total. The highest BCUT2D eigenvalue weighted by Gasteiger charge is 2.20. The van der Waals surface area contributed by atoms with Crippen LogP contribution in [-0.2, 0) is 0 Å². The molecule has 2 heterocycles. The van der Waals surface area contributed by atoms with E-state index in [9.17, 15) is 9.59 Å². The molecular weight excluding hydrogens is 336 g/mol. The number of nitrogens with zero attached hydrogens (tertiary/aromatic N) is 1. The normalized spacial score (nSPS) is 11.8. The van der Waals surface area contributed by atoms with E-state index in [0.29, 0.717) is 16.1 Å². The average Bonchev–Trinajstić information content (AvgIpc) is 3.33. The highest BCUT2D eigenvalue weighted by Crippen LogP contribution is 2.22. The minimum atomic E-state index is -0.166. The van der Waals surface area contributed by atoms with Crippen molar-refractivity contribution < 1.29 is 14.0 Å². The largest absolute Gasteiger partial charge is 0.467 e. The fourth-order valence-electron chi connectivity index (χ4n) is 2.40. The van der Waals surface area contributed by atoms with E-state index in [1.807, 2.05) is 24.4 Å². The Morgan fingerprint density at radius 3 is 2.48 bits per heavy atom. The van der Waals surface area contributed by atoms with Gasteiger partial charge in [0.05, 0.1) is 17.2 Å². The molecule has 3 rings (SSSR count). The second-order valence-corrected chi connectivity index (χ2v) is 6.56. The zero-order valence-corrected chi connectivity index (χ0v) is 14.7. The molecule has 25 heavy (non-hydrogen) atoms. The molecule has 1 unspecified atom stereocenters. The summed E-state index contributed by atoms with van der Waals surface area (Å²) < 4.78 is 5.36. The Kier molecular flexibility index (Phi) is 5.00. The van der Waals surface area contributed by atoms with Gasteiger partial charge in [0.2, 0.25) is 0 Å². The van der Waals surface area contributed by atoms with E-state index in [0.717, 1.165) is 5.76 Å². The van der Waals surface area contributed by atoms with Crippen LogP contribution in [-0.4, -0.2) is 23.8 Å². The van der Waals surface area contributed by atoms with Crippen LogP contribution in [0.3, 0.4) is 0 Å². The Labute approximate surface area is 149 Å². The summed E-state index contributed by atoms with van der Waals surface area (Å²) in [5.74, 6) is 0.466. The number of nitrogens with one attached hydrogen (secondary N) is 1. The lowest BCUT2D eigenvalue weighted by Crippen LogP contribution is -2.29. The maximum absolute atomic E-state index is 12.6. The van der Waals surface area contributed by atoms with Crippen LogP contribution >= 0.6 is 11.3 Å². The van der Waals surface area contributed by atoms with Gasteiger partial charge in [-0.3, -0.25) is 9.59 Å². The second-order valence-electron chi connectivity index (χ2n) is 5.62. The van der Waals surface area contributed by atoms with Gasteiger partial charge in [0, 0.05) is 18.3 Å². The summed E-state index contributed by atoms with van der Waals surface area (Å²) in [4.78, 5) is 26.9. The van der Waals surface area contributed by atoms with E-state index in [2.05, 4.69) is 5.32 Å². The number of anilines is 1. The molecule has 2 amide bonds. The molecule has 1 N–H and O–H groups in total. The van der Waals surface area contributed by atoms with Gasteiger partial charge in [0.1, 0.15) is 5.76 Å². The van der Waals surface area contributed by atoms with Gasteiger partial charge < -0.3 is 14.6 Å². The van der Waals surface area contributed by atoms with Crippen molar-refractivity contribution >= 4 is 28.8 Å². The lowest BCUT2D eigenvalue weighted by molar-refractivity contribution is 0.0726. The quantitative estimate of drug-likeness (QED) is 0.737. The molecule has 0 radical (unpaired) electrons. The Bertz CT molecular complexity index is 839. The van der Waals surface area contributed by atoms with Crippen LogP contribution in [0, 0.1) is 0 Å². The molecule has 0 saturated carbocycles. The van der Waals surface area contributed by atoms with Crippen molar-refractivity contribution in [2.24, 2.45) is 0 Å². The lowest BCUT2D eigenvalue weighted by Gasteiger charge is -2.23. The zero-order chi connectivity index (χ0) is 17.8. The number of rotatable bonds is 5. The van der Waals surface area contributed by atoms with Crippen molar-refractivity contribution in [3.63, 3.8) is 0 Å². The van der Waals surface area contributed by atoms with Crippen LogP contribution in [0.2, 0.25) is 0 Å². The number of thiophene rings is 1. The van der Waals surface area contributed by atoms with E-state index in [-0.39, 0.29) is 17.9 Å². The molecule has 3 aromatic rings. The molecule has 1 atom stereocenters. The zero-order valence-electron chi connectivity index (χ0n) is 13.9.